The fourth-order valence-electron chi connectivity index (χ4n) is 7.52. The quantitative estimate of drug-likeness (QED) is 0.143. The summed E-state index contributed by atoms with van der Waals surface area (Å²) in [4.78, 5) is 81.9. The van der Waals surface area contributed by atoms with Gasteiger partial charge in [-0.2, -0.15) is 0 Å². The molecule has 330 valence electrons. The van der Waals surface area contributed by atoms with Gasteiger partial charge in [-0.05, 0) is 63.5 Å². The Labute approximate surface area is 351 Å². The van der Waals surface area contributed by atoms with Gasteiger partial charge in [0.1, 0.15) is 12.2 Å². The van der Waals surface area contributed by atoms with Gasteiger partial charge < -0.3 is 49.3 Å². The molecule has 1 aromatic rings. The summed E-state index contributed by atoms with van der Waals surface area (Å²) in [5.74, 6) is -5.15. The first-order chi connectivity index (χ1) is 28.4. The third kappa shape index (κ3) is 12.5. The average molecular weight is 841 g/mol. The first-order valence-electron chi connectivity index (χ1n) is 19.7. The number of primary amides is 1. The summed E-state index contributed by atoms with van der Waals surface area (Å²) < 4.78 is 38.9. The number of nitrogens with one attached hydrogen (secondary N) is 1. The second-order valence-corrected chi connectivity index (χ2v) is 15.1. The normalized spacial score (nSPS) is 27.1. The van der Waals surface area contributed by atoms with Crippen molar-refractivity contribution >= 4 is 35.3 Å². The van der Waals surface area contributed by atoms with Crippen LogP contribution in [-0.2, 0) is 57.1 Å². The van der Waals surface area contributed by atoms with Gasteiger partial charge in [0.15, 0.2) is 23.8 Å². The topological polar surface area (TPSA) is 225 Å². The molecule has 16 heteroatoms. The lowest BCUT2D eigenvalue weighted by atomic mass is 9.82. The van der Waals surface area contributed by atoms with Crippen LogP contribution < -0.4 is 11.1 Å². The van der Waals surface area contributed by atoms with Gasteiger partial charge in [-0.25, -0.2) is 9.59 Å². The zero-order valence-electron chi connectivity index (χ0n) is 36.1. The average Bonchev–Trinajstić information content (AvgIpc) is 3.20. The number of carbonyl (C=O) groups is 6. The molecule has 0 saturated carbocycles. The van der Waals surface area contributed by atoms with Crippen LogP contribution in [0.25, 0.3) is 0 Å². The summed E-state index contributed by atoms with van der Waals surface area (Å²) in [6.07, 6.45) is -4.76. The van der Waals surface area contributed by atoms with Crippen LogP contribution in [0.4, 0.5) is 4.79 Å². The van der Waals surface area contributed by atoms with Gasteiger partial charge >= 0.3 is 12.1 Å². The van der Waals surface area contributed by atoms with E-state index in [4.69, 9.17) is 38.9 Å². The highest BCUT2D eigenvalue weighted by Crippen LogP contribution is 2.34. The standard InChI is InChI=1S/C44H60N2O14/c1-23-19-29-36(49)34(33(37(50)40(29)57-9)41(58-10)30(47)22-27(5)59-43(52)39(56-8)28-16-12-11-13-17-28)46-42(51)24(2)15-14-18-31(54-6)38(60-44(45)53)26(4)21-25(3)35(48)32(20-23)55-7/h11-13,15-17,21,23,25,27,31-32,35,38-39,41,48H,14,18-20,22H2,1-10H3,(H2,45,53)(H,46,51)/b24-15+,26-21+/t23-,25+,27-,31+,32+,35-,38+,39+,41-/m1/s1. The number of ether oxygens (including phenoxy) is 7. The molecule has 0 saturated heterocycles. The minimum absolute atomic E-state index is 0.0459. The number of nitrogens with two attached hydrogens (primary N) is 1. The van der Waals surface area contributed by atoms with Gasteiger partial charge in [0.25, 0.3) is 5.91 Å². The number of allylic oxidation sites excluding steroid dienone is 3. The van der Waals surface area contributed by atoms with Gasteiger partial charge in [-0.3, -0.25) is 19.2 Å². The van der Waals surface area contributed by atoms with Crippen molar-refractivity contribution in [3.8, 4) is 0 Å². The van der Waals surface area contributed by atoms with E-state index >= 15 is 0 Å². The van der Waals surface area contributed by atoms with Crippen LogP contribution in [0.3, 0.4) is 0 Å². The first-order valence-corrected chi connectivity index (χ1v) is 19.7. The van der Waals surface area contributed by atoms with Crippen LogP contribution in [0.5, 0.6) is 0 Å². The molecule has 0 radical (unpaired) electrons. The predicted octanol–water partition coefficient (Wildman–Crippen LogP) is 4.30. The van der Waals surface area contributed by atoms with Crippen molar-refractivity contribution in [1.82, 2.24) is 5.32 Å². The Morgan fingerprint density at radius 2 is 1.55 bits per heavy atom. The number of esters is 1. The third-order valence-electron chi connectivity index (χ3n) is 10.6. The zero-order valence-corrected chi connectivity index (χ0v) is 36.1. The number of ketones is 3. The fourth-order valence-corrected chi connectivity index (χ4v) is 7.52. The van der Waals surface area contributed by atoms with E-state index in [1.54, 1.807) is 63.3 Å². The summed E-state index contributed by atoms with van der Waals surface area (Å²) in [6, 6.07) is 8.63. The lowest BCUT2D eigenvalue weighted by Gasteiger charge is -2.31. The Hall–Kier alpha value is -5.00. The molecule has 60 heavy (non-hydrogen) atoms. The summed E-state index contributed by atoms with van der Waals surface area (Å²) in [7, 11) is 6.61. The van der Waals surface area contributed by atoms with E-state index in [1.165, 1.54) is 49.4 Å². The smallest absolute Gasteiger partial charge is 0.405 e. The summed E-state index contributed by atoms with van der Waals surface area (Å²) >= 11 is 0. The van der Waals surface area contributed by atoms with Crippen molar-refractivity contribution < 1.29 is 67.0 Å². The number of aliphatic hydroxyl groups excluding tert-OH is 1. The Morgan fingerprint density at radius 3 is 2.12 bits per heavy atom. The molecule has 1 heterocycles. The van der Waals surface area contributed by atoms with E-state index in [0.29, 0.717) is 11.1 Å². The van der Waals surface area contributed by atoms with Crippen LogP contribution in [0.15, 0.2) is 76.2 Å². The van der Waals surface area contributed by atoms with E-state index < -0.39 is 108 Å². The number of Topliss-reactive ketones (excluding diaryl/α,β-unsaturated/α-hetero) is 3. The van der Waals surface area contributed by atoms with Crippen molar-refractivity contribution in [3.05, 3.63) is 81.8 Å². The maximum Gasteiger partial charge on any atom is 0.405 e. The van der Waals surface area contributed by atoms with Crippen LogP contribution >= 0.6 is 0 Å². The molecule has 16 nitrogen and oxygen atoms in total. The maximum absolute atomic E-state index is 14.6. The molecule has 2 bridgehead atoms. The van der Waals surface area contributed by atoms with E-state index in [-0.39, 0.29) is 42.6 Å². The number of methoxy groups -OCH3 is 5. The number of benzene rings is 1. The monoisotopic (exact) mass is 840 g/mol. The number of fused-ring (bicyclic) bond motifs is 2. The number of amides is 2. The molecular weight excluding hydrogens is 780 g/mol. The minimum atomic E-state index is -1.70. The van der Waals surface area contributed by atoms with Crippen molar-refractivity contribution in [2.24, 2.45) is 17.6 Å². The van der Waals surface area contributed by atoms with Gasteiger partial charge in [0, 0.05) is 51.9 Å². The summed E-state index contributed by atoms with van der Waals surface area (Å²) in [5, 5.41) is 14.1. The van der Waals surface area contributed by atoms with Gasteiger partial charge in [-0.1, -0.05) is 56.3 Å². The Kier molecular flexibility index (Phi) is 19.0. The Balaban J connectivity index is 2.10. The number of carbonyl (C=O) groups excluding carboxylic acids is 6. The predicted molar refractivity (Wildman–Crippen MR) is 218 cm³/mol. The van der Waals surface area contributed by atoms with Crippen molar-refractivity contribution in [3.63, 3.8) is 0 Å². The molecular formula is C44H60N2O14. The molecule has 0 unspecified atom stereocenters. The first kappa shape index (κ1) is 49.4. The molecule has 0 fully saturated rings. The second kappa shape index (κ2) is 23.1. The second-order valence-electron chi connectivity index (χ2n) is 15.1. The SMILES string of the molecule is COC1=C2C[C@@H](C)C[C@H](OC)[C@H](O)[C@@H](C)/C=C(\C)[C@H](OC(N)=O)[C@@H](OC)CC/C=C(\C)C(=O)NC(=C([C@H](OC)C(=O)C[C@@H](C)OC(=O)[C@@H](OC)c3ccccc3)C1=O)C2=O. The maximum atomic E-state index is 14.6. The largest absolute Gasteiger partial charge is 0.492 e. The van der Waals surface area contributed by atoms with Crippen molar-refractivity contribution in [2.45, 2.75) is 109 Å². The molecule has 2 aliphatic rings. The zero-order chi connectivity index (χ0) is 44.8. The van der Waals surface area contributed by atoms with Gasteiger partial charge in [0.2, 0.25) is 11.6 Å². The van der Waals surface area contributed by atoms with Crippen LogP contribution in [0, 0.1) is 11.8 Å². The lowest BCUT2D eigenvalue weighted by molar-refractivity contribution is -0.161. The van der Waals surface area contributed by atoms with Crippen LogP contribution in [0.1, 0.15) is 78.4 Å². The highest BCUT2D eigenvalue weighted by molar-refractivity contribution is 6.27. The minimum Gasteiger partial charge on any atom is -0.492 e. The molecule has 1 aliphatic carbocycles. The molecule has 9 atom stereocenters. The number of hydrogen-bond donors (Lipinski definition) is 3. The van der Waals surface area contributed by atoms with E-state index in [0.717, 1.165) is 0 Å². The fraction of sp³-hybridized carbons (Fsp3) is 0.545. The van der Waals surface area contributed by atoms with E-state index in [1.807, 2.05) is 0 Å². The third-order valence-corrected chi connectivity index (χ3v) is 10.6. The van der Waals surface area contributed by atoms with Crippen molar-refractivity contribution in [1.29, 1.82) is 0 Å². The van der Waals surface area contributed by atoms with Gasteiger partial charge in [-0.15, -0.1) is 0 Å². The highest BCUT2D eigenvalue weighted by atomic mass is 16.6. The van der Waals surface area contributed by atoms with E-state index in [9.17, 15) is 33.9 Å². The molecule has 2 amide bonds. The molecule has 0 spiro atoms. The molecule has 1 aromatic carbocycles. The van der Waals surface area contributed by atoms with Crippen LogP contribution in [-0.4, -0.2) is 113 Å². The summed E-state index contributed by atoms with van der Waals surface area (Å²) in [5.41, 5.74) is 5.69. The molecule has 1 aliphatic heterocycles. The number of aliphatic hydroxyl groups is 1. The van der Waals surface area contributed by atoms with Crippen molar-refractivity contribution in [2.75, 3.05) is 35.5 Å². The molecule has 3 rings (SSSR count). The van der Waals surface area contributed by atoms with E-state index in [2.05, 4.69) is 5.32 Å². The lowest BCUT2D eigenvalue weighted by Crippen LogP contribution is -2.42. The number of rotatable bonds is 13. The molecule has 4 N–H and O–H groups in total. The highest BCUT2D eigenvalue weighted by Gasteiger charge is 2.43. The van der Waals surface area contributed by atoms with Gasteiger partial charge in [0.05, 0.1) is 36.7 Å². The Bertz CT molecular complexity index is 1850. The number of hydrogen-bond acceptors (Lipinski definition) is 14. The van der Waals surface area contributed by atoms with Crippen LogP contribution in [0.2, 0.25) is 0 Å². The molecule has 0 aromatic heterocycles. The summed E-state index contributed by atoms with van der Waals surface area (Å²) in [6.45, 7) is 8.28. The Morgan fingerprint density at radius 1 is 0.917 bits per heavy atom.